The Hall–Kier alpha value is -3.01. The lowest BCUT2D eigenvalue weighted by Gasteiger charge is -2.21. The molecule has 0 bridgehead atoms. The highest BCUT2D eigenvalue weighted by molar-refractivity contribution is 7.89. The standard InChI is InChI=1S/C23H26N2O6S/c1-4-31-23(28)17-7-9-20(10-8-17)32(29,30)25(11-12-26)14-19-13-18-6-5-15(2)16(3)21(18)24-22(19)27/h5-10,13,26H,4,11-12,14H2,1-3H3,(H,24,27). The van der Waals surface area contributed by atoms with Crippen LogP contribution in [-0.4, -0.2) is 48.5 Å². The Morgan fingerprint density at radius 1 is 1.12 bits per heavy atom. The van der Waals surface area contributed by atoms with E-state index >= 15 is 0 Å². The topological polar surface area (TPSA) is 117 Å². The minimum atomic E-state index is -4.03. The van der Waals surface area contributed by atoms with Crippen LogP contribution in [0, 0.1) is 13.8 Å². The number of esters is 1. The average Bonchev–Trinajstić information content (AvgIpc) is 2.77. The van der Waals surface area contributed by atoms with Crippen LogP contribution >= 0.6 is 0 Å². The summed E-state index contributed by atoms with van der Waals surface area (Å²) in [5.74, 6) is -0.545. The van der Waals surface area contributed by atoms with Crippen LogP contribution in [0.5, 0.6) is 0 Å². The van der Waals surface area contributed by atoms with Crippen LogP contribution < -0.4 is 5.56 Å². The summed E-state index contributed by atoms with van der Waals surface area (Å²) in [5, 5.41) is 10.2. The van der Waals surface area contributed by atoms with Gasteiger partial charge in [0.05, 0.1) is 29.2 Å². The van der Waals surface area contributed by atoms with Crippen LogP contribution in [0.15, 0.2) is 52.2 Å². The Morgan fingerprint density at radius 3 is 2.44 bits per heavy atom. The molecule has 0 radical (unpaired) electrons. The number of carbonyl (C=O) groups is 1. The van der Waals surface area contributed by atoms with Gasteiger partial charge in [-0.15, -0.1) is 0 Å². The summed E-state index contributed by atoms with van der Waals surface area (Å²) < 4.78 is 32.3. The van der Waals surface area contributed by atoms with E-state index in [1.165, 1.54) is 24.3 Å². The summed E-state index contributed by atoms with van der Waals surface area (Å²) >= 11 is 0. The molecule has 0 fully saturated rings. The van der Waals surface area contributed by atoms with Gasteiger partial charge in [-0.2, -0.15) is 4.31 Å². The first kappa shape index (κ1) is 23.6. The largest absolute Gasteiger partial charge is 0.462 e. The van der Waals surface area contributed by atoms with Crippen LogP contribution in [-0.2, 0) is 21.3 Å². The fourth-order valence-electron chi connectivity index (χ4n) is 3.40. The van der Waals surface area contributed by atoms with Crippen LogP contribution in [0.1, 0.15) is 34.0 Å². The number of rotatable bonds is 8. The van der Waals surface area contributed by atoms with Crippen molar-refractivity contribution >= 4 is 26.9 Å². The second kappa shape index (κ2) is 9.64. The molecular weight excluding hydrogens is 432 g/mol. The van der Waals surface area contributed by atoms with Crippen molar-refractivity contribution in [2.45, 2.75) is 32.2 Å². The number of carbonyl (C=O) groups excluding carboxylic acids is 1. The van der Waals surface area contributed by atoms with E-state index in [4.69, 9.17) is 4.74 Å². The molecule has 0 unspecified atom stereocenters. The van der Waals surface area contributed by atoms with Crippen LogP contribution in [0.2, 0.25) is 0 Å². The maximum atomic E-state index is 13.2. The molecule has 2 N–H and O–H groups in total. The molecule has 0 aliphatic rings. The SMILES string of the molecule is CCOC(=O)c1ccc(S(=O)(=O)N(CCO)Cc2cc3ccc(C)c(C)c3[nH]c2=O)cc1. The lowest BCUT2D eigenvalue weighted by molar-refractivity contribution is 0.0526. The van der Waals surface area contributed by atoms with E-state index in [1.807, 2.05) is 26.0 Å². The predicted molar refractivity (Wildman–Crippen MR) is 121 cm³/mol. The molecule has 170 valence electrons. The highest BCUT2D eigenvalue weighted by Gasteiger charge is 2.26. The lowest BCUT2D eigenvalue weighted by Crippen LogP contribution is -2.35. The average molecular weight is 459 g/mol. The second-order valence-electron chi connectivity index (χ2n) is 7.40. The summed E-state index contributed by atoms with van der Waals surface area (Å²) in [6, 6.07) is 10.8. The molecule has 0 spiro atoms. The third kappa shape index (κ3) is 4.74. The van der Waals surface area contributed by atoms with E-state index in [0.717, 1.165) is 20.8 Å². The number of hydrogen-bond donors (Lipinski definition) is 2. The molecule has 9 heteroatoms. The smallest absolute Gasteiger partial charge is 0.338 e. The molecule has 0 amide bonds. The normalized spacial score (nSPS) is 11.8. The number of H-pyrrole nitrogens is 1. The predicted octanol–water partition coefficient (Wildman–Crippen LogP) is 2.50. The van der Waals surface area contributed by atoms with Gasteiger partial charge < -0.3 is 14.8 Å². The molecule has 0 saturated heterocycles. The van der Waals surface area contributed by atoms with Gasteiger partial charge >= 0.3 is 5.97 Å². The van der Waals surface area contributed by atoms with Crippen molar-refractivity contribution in [3.8, 4) is 0 Å². The Kier molecular flexibility index (Phi) is 7.12. The fourth-order valence-corrected chi connectivity index (χ4v) is 4.81. The van der Waals surface area contributed by atoms with Gasteiger partial charge in [-0.1, -0.05) is 12.1 Å². The van der Waals surface area contributed by atoms with Crippen molar-refractivity contribution in [2.75, 3.05) is 19.8 Å². The van der Waals surface area contributed by atoms with Crippen molar-refractivity contribution in [3.63, 3.8) is 0 Å². The first-order chi connectivity index (χ1) is 15.2. The van der Waals surface area contributed by atoms with Crippen molar-refractivity contribution in [2.24, 2.45) is 0 Å². The minimum Gasteiger partial charge on any atom is -0.462 e. The molecule has 0 aliphatic carbocycles. The maximum absolute atomic E-state index is 13.2. The third-order valence-corrected chi connectivity index (χ3v) is 7.19. The molecule has 3 aromatic rings. The zero-order valence-corrected chi connectivity index (χ0v) is 19.0. The molecule has 0 aliphatic heterocycles. The van der Waals surface area contributed by atoms with E-state index in [2.05, 4.69) is 4.98 Å². The number of aliphatic hydroxyl groups excluding tert-OH is 1. The number of nitrogens with zero attached hydrogens (tertiary/aromatic N) is 1. The monoisotopic (exact) mass is 458 g/mol. The van der Waals surface area contributed by atoms with Crippen LogP contribution in [0.25, 0.3) is 10.9 Å². The molecule has 8 nitrogen and oxygen atoms in total. The van der Waals surface area contributed by atoms with Crippen LogP contribution in [0.4, 0.5) is 0 Å². The number of pyridine rings is 1. The summed E-state index contributed by atoms with van der Waals surface area (Å²) in [6.07, 6.45) is 0. The summed E-state index contributed by atoms with van der Waals surface area (Å²) in [6.45, 7) is 4.94. The highest BCUT2D eigenvalue weighted by Crippen LogP contribution is 2.22. The number of sulfonamides is 1. The quantitative estimate of drug-likeness (QED) is 0.501. The number of hydrogen-bond acceptors (Lipinski definition) is 6. The lowest BCUT2D eigenvalue weighted by atomic mass is 10.0. The molecule has 1 heterocycles. The number of aliphatic hydroxyl groups is 1. The van der Waals surface area contributed by atoms with Gasteiger partial charge in [0.2, 0.25) is 10.0 Å². The van der Waals surface area contributed by atoms with Gasteiger partial charge in [-0.3, -0.25) is 4.79 Å². The number of nitrogens with one attached hydrogen (secondary N) is 1. The number of aromatic nitrogens is 1. The zero-order valence-electron chi connectivity index (χ0n) is 18.2. The number of aryl methyl sites for hydroxylation is 2. The van der Waals surface area contributed by atoms with Crippen molar-refractivity contribution in [1.29, 1.82) is 0 Å². The van der Waals surface area contributed by atoms with E-state index in [0.29, 0.717) is 5.52 Å². The van der Waals surface area contributed by atoms with Gasteiger partial charge in [0.25, 0.3) is 5.56 Å². The van der Waals surface area contributed by atoms with E-state index in [9.17, 15) is 23.1 Å². The molecule has 2 aromatic carbocycles. The number of benzene rings is 2. The molecule has 0 saturated carbocycles. The minimum absolute atomic E-state index is 0.0531. The summed E-state index contributed by atoms with van der Waals surface area (Å²) in [4.78, 5) is 27.3. The molecule has 0 atom stereocenters. The number of aromatic amines is 1. The van der Waals surface area contributed by atoms with Crippen molar-refractivity contribution in [3.05, 3.63) is 75.1 Å². The molecule has 1 aromatic heterocycles. The third-order valence-electron chi connectivity index (χ3n) is 5.33. The van der Waals surface area contributed by atoms with Gasteiger partial charge in [0, 0.05) is 18.7 Å². The maximum Gasteiger partial charge on any atom is 0.338 e. The van der Waals surface area contributed by atoms with E-state index in [1.54, 1.807) is 13.0 Å². The highest BCUT2D eigenvalue weighted by atomic mass is 32.2. The number of ether oxygens (including phenoxy) is 1. The summed E-state index contributed by atoms with van der Waals surface area (Å²) in [5.41, 5.74) is 2.81. The Labute approximate surface area is 186 Å². The van der Waals surface area contributed by atoms with Crippen LogP contribution in [0.3, 0.4) is 0 Å². The molecule has 32 heavy (non-hydrogen) atoms. The fraction of sp³-hybridized carbons (Fsp3) is 0.304. The van der Waals surface area contributed by atoms with E-state index < -0.39 is 22.6 Å². The van der Waals surface area contributed by atoms with E-state index in [-0.39, 0.29) is 41.3 Å². The Balaban J connectivity index is 1.96. The summed E-state index contributed by atoms with van der Waals surface area (Å²) in [7, 11) is -4.03. The van der Waals surface area contributed by atoms with Crippen molar-refractivity contribution < 1.29 is 23.1 Å². The molecular formula is C23H26N2O6S. The molecule has 3 rings (SSSR count). The van der Waals surface area contributed by atoms with Gasteiger partial charge in [0.1, 0.15) is 0 Å². The van der Waals surface area contributed by atoms with Gasteiger partial charge in [0.15, 0.2) is 0 Å². The van der Waals surface area contributed by atoms with Gasteiger partial charge in [-0.25, -0.2) is 13.2 Å². The number of fused-ring (bicyclic) bond motifs is 1. The Morgan fingerprint density at radius 2 is 1.81 bits per heavy atom. The van der Waals surface area contributed by atoms with Gasteiger partial charge in [-0.05, 0) is 67.6 Å². The first-order valence-corrected chi connectivity index (χ1v) is 11.6. The second-order valence-corrected chi connectivity index (χ2v) is 9.34. The Bertz CT molecular complexity index is 1300. The van der Waals surface area contributed by atoms with Crippen molar-refractivity contribution in [1.82, 2.24) is 9.29 Å². The zero-order chi connectivity index (χ0) is 23.5. The first-order valence-electron chi connectivity index (χ1n) is 10.2.